The summed E-state index contributed by atoms with van der Waals surface area (Å²) in [6.45, 7) is 9.77. The number of rotatable bonds is 14. The first-order valence-corrected chi connectivity index (χ1v) is 14.3. The number of hydrogen-bond acceptors (Lipinski definition) is 11. The number of Topliss-reactive ketones (excluding diaryl/α,β-unsaturated/α-hetero) is 1. The summed E-state index contributed by atoms with van der Waals surface area (Å²) in [5, 5.41) is 0. The lowest BCUT2D eigenvalue weighted by atomic mass is 9.80. The first kappa shape index (κ1) is 34.7. The fourth-order valence-corrected chi connectivity index (χ4v) is 4.48. The SMILES string of the molecule is COCO[C@@H](c1ccc2c(c1)OCO2)[C@@H](COC(=O)C(C)(C)C)[C@@H](COC(=O)C(C)(C)C)C(=O)c1ccc(OC)c(OC)c1. The van der Waals surface area contributed by atoms with Crippen LogP contribution in [0.1, 0.15) is 63.6 Å². The molecule has 0 bridgehead atoms. The van der Waals surface area contributed by atoms with Gasteiger partial charge in [0.25, 0.3) is 0 Å². The highest BCUT2D eigenvalue weighted by Crippen LogP contribution is 2.41. The summed E-state index contributed by atoms with van der Waals surface area (Å²) in [5.41, 5.74) is -0.736. The molecule has 0 unspecified atom stereocenters. The molecule has 11 heteroatoms. The van der Waals surface area contributed by atoms with Gasteiger partial charge in [0.15, 0.2) is 28.8 Å². The topological polar surface area (TPSA) is 125 Å². The third kappa shape index (κ3) is 8.63. The number of ketones is 1. The molecule has 0 aromatic heterocycles. The summed E-state index contributed by atoms with van der Waals surface area (Å²) >= 11 is 0. The van der Waals surface area contributed by atoms with Crippen LogP contribution in [0.15, 0.2) is 36.4 Å². The molecule has 0 fully saturated rings. The first-order chi connectivity index (χ1) is 20.7. The summed E-state index contributed by atoms with van der Waals surface area (Å²) in [4.78, 5) is 40.3. The molecule has 0 aliphatic carbocycles. The number of methoxy groups -OCH3 is 3. The molecule has 1 aliphatic heterocycles. The van der Waals surface area contributed by atoms with E-state index in [2.05, 4.69) is 0 Å². The van der Waals surface area contributed by atoms with Gasteiger partial charge in [-0.05, 0) is 77.4 Å². The molecule has 11 nitrogen and oxygen atoms in total. The molecule has 0 spiro atoms. The van der Waals surface area contributed by atoms with Crippen LogP contribution in [0.5, 0.6) is 23.0 Å². The molecule has 44 heavy (non-hydrogen) atoms. The Morgan fingerprint density at radius 1 is 0.773 bits per heavy atom. The number of ether oxygens (including phenoxy) is 8. The van der Waals surface area contributed by atoms with Gasteiger partial charge in [0.2, 0.25) is 6.79 Å². The van der Waals surface area contributed by atoms with Crippen molar-refractivity contribution in [1.82, 2.24) is 0 Å². The largest absolute Gasteiger partial charge is 0.493 e. The zero-order valence-electron chi connectivity index (χ0n) is 27.0. The predicted molar refractivity (Wildman–Crippen MR) is 160 cm³/mol. The summed E-state index contributed by atoms with van der Waals surface area (Å²) in [5.74, 6) is -1.36. The number of fused-ring (bicyclic) bond motifs is 1. The van der Waals surface area contributed by atoms with Gasteiger partial charge < -0.3 is 37.9 Å². The maximum absolute atomic E-state index is 14.4. The van der Waals surface area contributed by atoms with Crippen LogP contribution >= 0.6 is 0 Å². The maximum atomic E-state index is 14.4. The van der Waals surface area contributed by atoms with Crippen molar-refractivity contribution < 1.29 is 52.3 Å². The van der Waals surface area contributed by atoms with E-state index in [1.54, 1.807) is 77.9 Å². The fourth-order valence-electron chi connectivity index (χ4n) is 4.48. The van der Waals surface area contributed by atoms with Crippen molar-refractivity contribution in [3.05, 3.63) is 47.5 Å². The van der Waals surface area contributed by atoms with Crippen molar-refractivity contribution >= 4 is 17.7 Å². The summed E-state index contributed by atoms with van der Waals surface area (Å²) in [7, 11) is 4.44. The van der Waals surface area contributed by atoms with E-state index in [0.717, 1.165) is 0 Å². The van der Waals surface area contributed by atoms with Gasteiger partial charge in [-0.25, -0.2) is 0 Å². The van der Waals surface area contributed by atoms with E-state index in [-0.39, 0.29) is 38.1 Å². The van der Waals surface area contributed by atoms with Crippen molar-refractivity contribution in [3.63, 3.8) is 0 Å². The lowest BCUT2D eigenvalue weighted by Crippen LogP contribution is -2.39. The number of carbonyl (C=O) groups is 3. The molecule has 0 saturated carbocycles. The van der Waals surface area contributed by atoms with Crippen LogP contribution in [-0.4, -0.2) is 65.9 Å². The molecular weight excluding hydrogens is 572 g/mol. The van der Waals surface area contributed by atoms with E-state index in [1.807, 2.05) is 0 Å². The number of benzene rings is 2. The zero-order valence-corrected chi connectivity index (χ0v) is 27.0. The average Bonchev–Trinajstić information content (AvgIpc) is 3.45. The zero-order chi connectivity index (χ0) is 32.7. The molecule has 3 atom stereocenters. The number of esters is 2. The average molecular weight is 617 g/mol. The Balaban J connectivity index is 2.16. The van der Waals surface area contributed by atoms with Crippen molar-refractivity contribution in [2.24, 2.45) is 22.7 Å². The number of carbonyl (C=O) groups excluding carboxylic acids is 3. The van der Waals surface area contributed by atoms with Crippen LogP contribution in [0.4, 0.5) is 0 Å². The minimum Gasteiger partial charge on any atom is -0.493 e. The van der Waals surface area contributed by atoms with E-state index in [4.69, 9.17) is 37.9 Å². The van der Waals surface area contributed by atoms with E-state index in [0.29, 0.717) is 28.6 Å². The smallest absolute Gasteiger partial charge is 0.311 e. The third-order valence-corrected chi connectivity index (χ3v) is 7.03. The van der Waals surface area contributed by atoms with Gasteiger partial charge in [-0.1, -0.05) is 6.07 Å². The van der Waals surface area contributed by atoms with Crippen LogP contribution in [0.25, 0.3) is 0 Å². The van der Waals surface area contributed by atoms with Crippen LogP contribution in [-0.2, 0) is 28.5 Å². The number of hydrogen-bond donors (Lipinski definition) is 0. The molecule has 2 aromatic carbocycles. The molecule has 1 heterocycles. The monoisotopic (exact) mass is 616 g/mol. The highest BCUT2D eigenvalue weighted by Gasteiger charge is 2.40. The second-order valence-corrected chi connectivity index (χ2v) is 12.5. The Hall–Kier alpha value is -3.83. The molecular formula is C33H44O11. The first-order valence-electron chi connectivity index (χ1n) is 14.3. The normalized spacial score (nSPS) is 14.8. The van der Waals surface area contributed by atoms with Crippen molar-refractivity contribution in [3.8, 4) is 23.0 Å². The standard InChI is InChI=1S/C33H44O11/c1-32(2,3)30(35)40-16-22(28(34)20-10-12-24(38-8)26(14-20)39-9)23(17-41-31(36)33(4,5)6)29(44-18-37-7)21-11-13-25-27(15-21)43-19-42-25/h10-15,22-23,29H,16-19H2,1-9H3/t22-,23+,29+/m1/s1. The van der Waals surface area contributed by atoms with Crippen molar-refractivity contribution in [1.29, 1.82) is 0 Å². The quantitative estimate of drug-likeness (QED) is 0.154. The van der Waals surface area contributed by atoms with Gasteiger partial charge in [-0.15, -0.1) is 0 Å². The summed E-state index contributed by atoms with van der Waals surface area (Å²) in [6.07, 6.45) is -0.861. The lowest BCUT2D eigenvalue weighted by Gasteiger charge is -2.34. The molecule has 0 radical (unpaired) electrons. The Morgan fingerprint density at radius 3 is 1.98 bits per heavy atom. The van der Waals surface area contributed by atoms with Crippen LogP contribution in [0.2, 0.25) is 0 Å². The molecule has 3 rings (SSSR count). The molecule has 2 aromatic rings. The lowest BCUT2D eigenvalue weighted by molar-refractivity contribution is -0.164. The minimum absolute atomic E-state index is 0.0676. The molecule has 242 valence electrons. The van der Waals surface area contributed by atoms with Crippen LogP contribution < -0.4 is 18.9 Å². The van der Waals surface area contributed by atoms with Gasteiger partial charge >= 0.3 is 11.9 Å². The van der Waals surface area contributed by atoms with E-state index in [1.165, 1.54) is 21.3 Å². The molecule has 0 N–H and O–H groups in total. The van der Waals surface area contributed by atoms with Gasteiger partial charge in [0, 0.05) is 18.6 Å². The maximum Gasteiger partial charge on any atom is 0.311 e. The Labute approximate surface area is 259 Å². The van der Waals surface area contributed by atoms with Crippen LogP contribution in [0.3, 0.4) is 0 Å². The van der Waals surface area contributed by atoms with Gasteiger partial charge in [0.1, 0.15) is 13.4 Å². The Kier molecular flexibility index (Phi) is 11.6. The van der Waals surface area contributed by atoms with Gasteiger partial charge in [-0.3, -0.25) is 14.4 Å². The van der Waals surface area contributed by atoms with E-state index in [9.17, 15) is 14.4 Å². The molecule has 1 aliphatic rings. The molecule has 0 amide bonds. The third-order valence-electron chi connectivity index (χ3n) is 7.03. The van der Waals surface area contributed by atoms with Gasteiger partial charge in [0.05, 0.1) is 43.7 Å². The van der Waals surface area contributed by atoms with Crippen LogP contribution in [0, 0.1) is 22.7 Å². The predicted octanol–water partition coefficient (Wildman–Crippen LogP) is 5.39. The van der Waals surface area contributed by atoms with Crippen molar-refractivity contribution in [2.45, 2.75) is 47.6 Å². The Bertz CT molecular complexity index is 1310. The fraction of sp³-hybridized carbons (Fsp3) is 0.545. The van der Waals surface area contributed by atoms with E-state index >= 15 is 0 Å². The Morgan fingerprint density at radius 2 is 1.39 bits per heavy atom. The second kappa shape index (κ2) is 14.8. The second-order valence-electron chi connectivity index (χ2n) is 12.5. The highest BCUT2D eigenvalue weighted by molar-refractivity contribution is 5.99. The summed E-state index contributed by atoms with van der Waals surface area (Å²) in [6, 6.07) is 10.1. The minimum atomic E-state index is -1.03. The van der Waals surface area contributed by atoms with E-state index < -0.39 is 40.7 Å². The summed E-state index contributed by atoms with van der Waals surface area (Å²) < 4.78 is 44.9. The van der Waals surface area contributed by atoms with Gasteiger partial charge in [-0.2, -0.15) is 0 Å². The molecule has 0 saturated heterocycles. The van der Waals surface area contributed by atoms with Crippen molar-refractivity contribution in [2.75, 3.05) is 48.1 Å². The highest BCUT2D eigenvalue weighted by atomic mass is 16.7.